The van der Waals surface area contributed by atoms with Crippen molar-refractivity contribution in [1.29, 1.82) is 0 Å². The average Bonchev–Trinajstić information content (AvgIpc) is 2.65. The first-order valence-electron chi connectivity index (χ1n) is 7.66. The molecule has 118 valence electrons. The van der Waals surface area contributed by atoms with Crippen LogP contribution in [0, 0.1) is 5.82 Å². The third kappa shape index (κ3) is 4.03. The predicted molar refractivity (Wildman–Crippen MR) is 88.8 cm³/mol. The molecule has 2 atom stereocenters. The normalized spacial score (nSPS) is 23.0. The van der Waals surface area contributed by atoms with Gasteiger partial charge in [0.1, 0.15) is 5.82 Å². The fourth-order valence-electron chi connectivity index (χ4n) is 3.25. The van der Waals surface area contributed by atoms with E-state index in [1.54, 1.807) is 6.07 Å². The zero-order valence-electron chi connectivity index (χ0n) is 12.9. The number of hydrogen-bond donors (Lipinski definition) is 1. The molecule has 0 amide bonds. The topological polar surface area (TPSA) is 32.5 Å². The van der Waals surface area contributed by atoms with Crippen molar-refractivity contribution in [2.45, 2.75) is 31.8 Å². The summed E-state index contributed by atoms with van der Waals surface area (Å²) in [6.45, 7) is 5.71. The average molecular weight is 358 g/mol. The molecule has 1 aromatic carbocycles. The Morgan fingerprint density at radius 3 is 2.86 bits per heavy atom. The first-order valence-corrected chi connectivity index (χ1v) is 8.45. The van der Waals surface area contributed by atoms with Crippen molar-refractivity contribution in [1.82, 2.24) is 9.80 Å². The van der Waals surface area contributed by atoms with Crippen LogP contribution >= 0.6 is 15.9 Å². The Bertz CT molecular complexity index is 469. The Balaban J connectivity index is 2.31. The van der Waals surface area contributed by atoms with Crippen molar-refractivity contribution in [2.75, 3.05) is 33.2 Å². The van der Waals surface area contributed by atoms with Crippen molar-refractivity contribution < 1.29 is 4.39 Å². The summed E-state index contributed by atoms with van der Waals surface area (Å²) in [5.41, 5.74) is 6.72. The first kappa shape index (κ1) is 16.9. The van der Waals surface area contributed by atoms with E-state index in [0.717, 1.165) is 36.9 Å². The van der Waals surface area contributed by atoms with Gasteiger partial charge in [0.05, 0.1) is 6.04 Å². The van der Waals surface area contributed by atoms with Gasteiger partial charge in [-0.05, 0) is 44.6 Å². The molecular formula is C16H25BrFN3. The van der Waals surface area contributed by atoms with Gasteiger partial charge < -0.3 is 10.6 Å². The van der Waals surface area contributed by atoms with Gasteiger partial charge in [0.2, 0.25) is 0 Å². The summed E-state index contributed by atoms with van der Waals surface area (Å²) in [5.74, 6) is -0.166. The monoisotopic (exact) mass is 357 g/mol. The first-order chi connectivity index (χ1) is 10.1. The zero-order chi connectivity index (χ0) is 15.4. The Morgan fingerprint density at radius 2 is 2.19 bits per heavy atom. The van der Waals surface area contributed by atoms with Crippen molar-refractivity contribution in [3.63, 3.8) is 0 Å². The Labute approximate surface area is 135 Å². The van der Waals surface area contributed by atoms with Gasteiger partial charge in [-0.25, -0.2) is 4.39 Å². The number of halogens is 2. The molecule has 0 radical (unpaired) electrons. The van der Waals surface area contributed by atoms with Crippen LogP contribution in [0.15, 0.2) is 22.7 Å². The smallest absolute Gasteiger partial charge is 0.128 e. The maximum atomic E-state index is 14.3. The zero-order valence-corrected chi connectivity index (χ0v) is 14.4. The van der Waals surface area contributed by atoms with E-state index in [0.29, 0.717) is 18.2 Å². The molecule has 5 heteroatoms. The number of nitrogens with zero attached hydrogens (tertiary/aromatic N) is 2. The van der Waals surface area contributed by atoms with E-state index in [-0.39, 0.29) is 11.9 Å². The lowest BCUT2D eigenvalue weighted by Gasteiger charge is -2.37. The minimum atomic E-state index is -0.166. The number of nitrogens with two attached hydrogens (primary N) is 1. The fourth-order valence-corrected chi connectivity index (χ4v) is 3.63. The van der Waals surface area contributed by atoms with Crippen LogP contribution in [0.2, 0.25) is 0 Å². The van der Waals surface area contributed by atoms with Crippen molar-refractivity contribution in [2.24, 2.45) is 5.73 Å². The molecule has 1 aliphatic heterocycles. The van der Waals surface area contributed by atoms with E-state index < -0.39 is 0 Å². The van der Waals surface area contributed by atoms with Gasteiger partial charge in [0.25, 0.3) is 0 Å². The molecule has 1 heterocycles. The van der Waals surface area contributed by atoms with Crippen LogP contribution in [-0.2, 0) is 0 Å². The Hall–Kier alpha value is -0.490. The Morgan fingerprint density at radius 1 is 1.43 bits per heavy atom. The van der Waals surface area contributed by atoms with Crippen LogP contribution in [0.25, 0.3) is 0 Å². The minimum absolute atomic E-state index is 0.0565. The summed E-state index contributed by atoms with van der Waals surface area (Å²) in [5, 5.41) is 0. The summed E-state index contributed by atoms with van der Waals surface area (Å²) < 4.78 is 15.2. The largest absolute Gasteiger partial charge is 0.329 e. The van der Waals surface area contributed by atoms with E-state index in [1.807, 2.05) is 6.07 Å². The van der Waals surface area contributed by atoms with Gasteiger partial charge in [-0.2, -0.15) is 0 Å². The second-order valence-corrected chi connectivity index (χ2v) is 6.75. The second-order valence-electron chi connectivity index (χ2n) is 5.83. The van der Waals surface area contributed by atoms with Crippen LogP contribution in [-0.4, -0.2) is 49.1 Å². The standard InChI is InChI=1S/C16H25BrFN3/c1-3-13-11-20(2)7-4-8-21(13)16(10-19)14-9-12(17)5-6-15(14)18/h5-6,9,13,16H,3-4,7-8,10-11,19H2,1-2H3. The van der Waals surface area contributed by atoms with Crippen LogP contribution in [0.4, 0.5) is 4.39 Å². The van der Waals surface area contributed by atoms with Gasteiger partial charge in [0, 0.05) is 35.7 Å². The number of likely N-dealkylation sites (N-methyl/N-ethyl adjacent to an activating group) is 1. The summed E-state index contributed by atoms with van der Waals surface area (Å²) in [4.78, 5) is 4.76. The lowest BCUT2D eigenvalue weighted by Crippen LogP contribution is -2.44. The number of benzene rings is 1. The van der Waals surface area contributed by atoms with E-state index in [2.05, 4.69) is 39.7 Å². The molecule has 2 rings (SSSR count). The molecule has 21 heavy (non-hydrogen) atoms. The minimum Gasteiger partial charge on any atom is -0.329 e. The van der Waals surface area contributed by atoms with Crippen molar-refractivity contribution in [3.05, 3.63) is 34.1 Å². The summed E-state index contributed by atoms with van der Waals surface area (Å²) in [6.07, 6.45) is 2.15. The molecule has 0 aliphatic carbocycles. The number of hydrogen-bond acceptors (Lipinski definition) is 3. The molecule has 0 aromatic heterocycles. The fraction of sp³-hybridized carbons (Fsp3) is 0.625. The molecule has 0 saturated carbocycles. The highest BCUT2D eigenvalue weighted by Crippen LogP contribution is 2.29. The highest BCUT2D eigenvalue weighted by Gasteiger charge is 2.30. The lowest BCUT2D eigenvalue weighted by molar-refractivity contribution is 0.129. The maximum absolute atomic E-state index is 14.3. The van der Waals surface area contributed by atoms with Crippen LogP contribution in [0.3, 0.4) is 0 Å². The molecule has 1 saturated heterocycles. The molecular weight excluding hydrogens is 333 g/mol. The quantitative estimate of drug-likeness (QED) is 0.898. The highest BCUT2D eigenvalue weighted by molar-refractivity contribution is 9.10. The lowest BCUT2D eigenvalue weighted by atomic mass is 10.0. The molecule has 1 fully saturated rings. The molecule has 2 N–H and O–H groups in total. The van der Waals surface area contributed by atoms with E-state index in [4.69, 9.17) is 5.73 Å². The summed E-state index contributed by atoms with van der Waals surface area (Å²) in [6, 6.07) is 5.49. The molecule has 1 aliphatic rings. The van der Waals surface area contributed by atoms with E-state index in [1.165, 1.54) is 6.07 Å². The SMILES string of the molecule is CCC1CN(C)CCCN1C(CN)c1cc(Br)ccc1F. The van der Waals surface area contributed by atoms with Crippen molar-refractivity contribution in [3.8, 4) is 0 Å². The van der Waals surface area contributed by atoms with Crippen molar-refractivity contribution >= 4 is 15.9 Å². The molecule has 0 spiro atoms. The van der Waals surface area contributed by atoms with Crippen LogP contribution < -0.4 is 5.73 Å². The van der Waals surface area contributed by atoms with Gasteiger partial charge in [-0.1, -0.05) is 22.9 Å². The molecule has 1 aromatic rings. The van der Waals surface area contributed by atoms with Crippen LogP contribution in [0.1, 0.15) is 31.4 Å². The van der Waals surface area contributed by atoms with E-state index >= 15 is 0 Å². The van der Waals surface area contributed by atoms with Gasteiger partial charge >= 0.3 is 0 Å². The van der Waals surface area contributed by atoms with Gasteiger partial charge in [-0.15, -0.1) is 0 Å². The molecule has 2 unspecified atom stereocenters. The second kappa shape index (κ2) is 7.68. The summed E-state index contributed by atoms with van der Waals surface area (Å²) >= 11 is 3.44. The third-order valence-corrected chi connectivity index (χ3v) is 4.85. The van der Waals surface area contributed by atoms with E-state index in [9.17, 15) is 4.39 Å². The van der Waals surface area contributed by atoms with Crippen LogP contribution in [0.5, 0.6) is 0 Å². The Kier molecular flexibility index (Phi) is 6.17. The maximum Gasteiger partial charge on any atom is 0.128 e. The number of rotatable bonds is 4. The van der Waals surface area contributed by atoms with Gasteiger partial charge in [-0.3, -0.25) is 4.90 Å². The molecule has 0 bridgehead atoms. The predicted octanol–water partition coefficient (Wildman–Crippen LogP) is 3.00. The van der Waals surface area contributed by atoms with Gasteiger partial charge in [0.15, 0.2) is 0 Å². The third-order valence-electron chi connectivity index (χ3n) is 4.36. The summed E-state index contributed by atoms with van der Waals surface area (Å²) in [7, 11) is 2.16. The molecule has 3 nitrogen and oxygen atoms in total. The highest BCUT2D eigenvalue weighted by atomic mass is 79.9.